The number of nitrogens with one attached hydrogen (secondary N) is 1. The Labute approximate surface area is 159 Å². The Bertz CT molecular complexity index is 1010. The van der Waals surface area contributed by atoms with Gasteiger partial charge in [0.2, 0.25) is 5.95 Å². The maximum absolute atomic E-state index is 13.5. The molecule has 1 atom stereocenters. The van der Waals surface area contributed by atoms with Crippen LogP contribution in [0.5, 0.6) is 5.75 Å². The van der Waals surface area contributed by atoms with Crippen LogP contribution in [-0.2, 0) is 4.79 Å². The van der Waals surface area contributed by atoms with Crippen LogP contribution >= 0.6 is 0 Å². The monoisotopic (exact) mass is 384 g/mol. The number of aromatic nitrogens is 2. The van der Waals surface area contributed by atoms with Crippen molar-refractivity contribution in [2.24, 2.45) is 0 Å². The summed E-state index contributed by atoms with van der Waals surface area (Å²) >= 11 is 0. The van der Waals surface area contributed by atoms with E-state index in [9.17, 15) is 18.7 Å². The molecule has 0 fully saturated rings. The maximum Gasteiger partial charge on any atom is 0.250 e. The van der Waals surface area contributed by atoms with Crippen LogP contribution in [-0.4, -0.2) is 40.1 Å². The highest BCUT2D eigenvalue weighted by atomic mass is 19.1. The van der Waals surface area contributed by atoms with Crippen LogP contribution in [0, 0.1) is 35.3 Å². The largest absolute Gasteiger partial charge is 0.503 e. The lowest BCUT2D eigenvalue weighted by Crippen LogP contribution is -2.52. The summed E-state index contributed by atoms with van der Waals surface area (Å²) in [6.07, 6.45) is 6.71. The Hall–Kier alpha value is -3.92. The minimum atomic E-state index is -1.14. The highest BCUT2D eigenvalue weighted by molar-refractivity contribution is 6.04. The van der Waals surface area contributed by atoms with Gasteiger partial charge < -0.3 is 15.3 Å². The van der Waals surface area contributed by atoms with Crippen molar-refractivity contribution in [1.29, 1.82) is 5.26 Å². The average Bonchev–Trinajstić information content (AvgIpc) is 2.66. The number of rotatable bonds is 4. The van der Waals surface area contributed by atoms with Crippen LogP contribution in [0.3, 0.4) is 0 Å². The van der Waals surface area contributed by atoms with E-state index < -0.39 is 23.4 Å². The van der Waals surface area contributed by atoms with Crippen molar-refractivity contribution in [2.75, 3.05) is 28.2 Å². The van der Waals surface area contributed by atoms with Crippen molar-refractivity contribution in [1.82, 2.24) is 9.97 Å². The fraction of sp³-hybridized carbons (Fsp3) is 0.222. The first kappa shape index (κ1) is 18.9. The van der Waals surface area contributed by atoms with Crippen LogP contribution in [0.4, 0.5) is 31.9 Å². The summed E-state index contributed by atoms with van der Waals surface area (Å²) in [5.41, 5.74) is 0.276. The number of fused-ring (bicyclic) bond motifs is 1. The minimum Gasteiger partial charge on any atom is -0.503 e. The van der Waals surface area contributed by atoms with Crippen molar-refractivity contribution < 1.29 is 18.7 Å². The van der Waals surface area contributed by atoms with Gasteiger partial charge in [-0.3, -0.25) is 9.69 Å². The number of nitriles is 1. The van der Waals surface area contributed by atoms with Gasteiger partial charge in [-0.05, 0) is 6.92 Å². The molecule has 0 spiro atoms. The molecule has 0 saturated heterocycles. The van der Waals surface area contributed by atoms with Gasteiger partial charge in [0.05, 0.1) is 18.8 Å². The Morgan fingerprint density at radius 3 is 2.64 bits per heavy atom. The number of hydrogen-bond donors (Lipinski definition) is 2. The standard InChI is InChI=1S/C18H14F2N6O2/c1-3-5-25-10(2)17(28)26(6-4-21)14-9-22-18(24-16(14)25)23-11-7-12(19)15(27)13(20)8-11/h1,7-10,27H,5-6H2,2H3,(H,22,23,24)/t10-/m0/s1. The third-order valence-corrected chi connectivity index (χ3v) is 4.17. The van der Waals surface area contributed by atoms with Crippen LogP contribution < -0.4 is 15.1 Å². The molecule has 28 heavy (non-hydrogen) atoms. The van der Waals surface area contributed by atoms with Crippen LogP contribution in [0.1, 0.15) is 6.92 Å². The van der Waals surface area contributed by atoms with E-state index in [4.69, 9.17) is 11.7 Å². The number of amides is 1. The van der Waals surface area contributed by atoms with Gasteiger partial charge in [0.15, 0.2) is 23.2 Å². The number of benzene rings is 1. The fourth-order valence-corrected chi connectivity index (χ4v) is 2.80. The van der Waals surface area contributed by atoms with Gasteiger partial charge in [-0.25, -0.2) is 13.8 Å². The highest BCUT2D eigenvalue weighted by Gasteiger charge is 2.36. The summed E-state index contributed by atoms with van der Waals surface area (Å²) < 4.78 is 27.1. The third-order valence-electron chi connectivity index (χ3n) is 4.17. The van der Waals surface area contributed by atoms with Crippen molar-refractivity contribution in [3.05, 3.63) is 30.0 Å². The summed E-state index contributed by atoms with van der Waals surface area (Å²) in [4.78, 5) is 23.7. The SMILES string of the molecule is C#CCN1c2nc(Nc3cc(F)c(O)c(F)c3)ncc2N(CC#N)C(=O)[C@@H]1C. The molecule has 142 valence electrons. The Kier molecular flexibility index (Phi) is 4.96. The van der Waals surface area contributed by atoms with Crippen LogP contribution in [0.25, 0.3) is 0 Å². The van der Waals surface area contributed by atoms with Gasteiger partial charge in [0.1, 0.15) is 18.3 Å². The Morgan fingerprint density at radius 1 is 1.36 bits per heavy atom. The third kappa shape index (κ3) is 3.23. The molecule has 2 aromatic rings. The molecule has 10 heteroatoms. The molecule has 1 aromatic heterocycles. The second-order valence-electron chi connectivity index (χ2n) is 5.91. The van der Waals surface area contributed by atoms with Gasteiger partial charge >= 0.3 is 0 Å². The van der Waals surface area contributed by atoms with E-state index in [1.54, 1.807) is 11.8 Å². The second-order valence-corrected chi connectivity index (χ2v) is 5.91. The summed E-state index contributed by atoms with van der Waals surface area (Å²) in [6.45, 7) is 1.52. The summed E-state index contributed by atoms with van der Waals surface area (Å²) in [5.74, 6) is -0.957. The molecule has 0 saturated carbocycles. The normalized spacial score (nSPS) is 15.6. The predicted molar refractivity (Wildman–Crippen MR) is 96.9 cm³/mol. The second kappa shape index (κ2) is 7.37. The smallest absolute Gasteiger partial charge is 0.250 e. The number of halogens is 2. The first-order valence-corrected chi connectivity index (χ1v) is 8.07. The molecule has 1 aliphatic rings. The first-order valence-electron chi connectivity index (χ1n) is 8.07. The molecule has 0 radical (unpaired) electrons. The molecule has 1 aromatic carbocycles. The fourth-order valence-electron chi connectivity index (χ4n) is 2.80. The topological polar surface area (TPSA) is 105 Å². The molecule has 8 nitrogen and oxygen atoms in total. The molecule has 1 aliphatic heterocycles. The van der Waals surface area contributed by atoms with Crippen molar-refractivity contribution in [2.45, 2.75) is 13.0 Å². The lowest BCUT2D eigenvalue weighted by atomic mass is 10.1. The lowest BCUT2D eigenvalue weighted by Gasteiger charge is -2.38. The highest BCUT2D eigenvalue weighted by Crippen LogP contribution is 2.35. The van der Waals surface area contributed by atoms with Gasteiger partial charge in [-0.2, -0.15) is 10.2 Å². The van der Waals surface area contributed by atoms with Gasteiger partial charge in [0, 0.05) is 17.8 Å². The zero-order valence-electron chi connectivity index (χ0n) is 14.6. The molecule has 2 heterocycles. The molecule has 0 aliphatic carbocycles. The molecular formula is C18H14F2N6O2. The number of carbonyl (C=O) groups excluding carboxylic acids is 1. The number of hydrogen-bond acceptors (Lipinski definition) is 7. The first-order chi connectivity index (χ1) is 13.4. The van der Waals surface area contributed by atoms with E-state index in [0.29, 0.717) is 11.5 Å². The number of terminal acetylenes is 1. The zero-order valence-corrected chi connectivity index (χ0v) is 14.6. The van der Waals surface area contributed by atoms with Gasteiger partial charge in [0.25, 0.3) is 5.91 Å². The van der Waals surface area contributed by atoms with E-state index in [0.717, 1.165) is 12.1 Å². The van der Waals surface area contributed by atoms with Crippen molar-refractivity contribution >= 4 is 29.0 Å². The van der Waals surface area contributed by atoms with Gasteiger partial charge in [-0.15, -0.1) is 6.42 Å². The van der Waals surface area contributed by atoms with Crippen LogP contribution in [0.2, 0.25) is 0 Å². The average molecular weight is 384 g/mol. The van der Waals surface area contributed by atoms with Gasteiger partial charge in [-0.1, -0.05) is 5.92 Å². The molecule has 1 amide bonds. The Morgan fingerprint density at radius 2 is 2.04 bits per heavy atom. The molecule has 3 rings (SSSR count). The van der Waals surface area contributed by atoms with E-state index in [1.165, 1.54) is 11.1 Å². The maximum atomic E-state index is 13.5. The van der Waals surface area contributed by atoms with E-state index in [2.05, 4.69) is 21.2 Å². The van der Waals surface area contributed by atoms with E-state index in [-0.39, 0.29) is 30.6 Å². The minimum absolute atomic E-state index is 0.0104. The Balaban J connectivity index is 2.03. The number of carbonyl (C=O) groups is 1. The molecular weight excluding hydrogens is 370 g/mol. The van der Waals surface area contributed by atoms with E-state index in [1.807, 2.05) is 6.07 Å². The van der Waals surface area contributed by atoms with Crippen LogP contribution in [0.15, 0.2) is 18.3 Å². The zero-order chi connectivity index (χ0) is 20.4. The number of aromatic hydroxyl groups is 1. The van der Waals surface area contributed by atoms with E-state index >= 15 is 0 Å². The number of phenolic OH excluding ortho intramolecular Hbond substituents is 1. The quantitative estimate of drug-likeness (QED) is 0.471. The summed E-state index contributed by atoms with van der Waals surface area (Å²) in [5, 5.41) is 20.8. The molecule has 0 unspecified atom stereocenters. The predicted octanol–water partition coefficient (Wildman–Crippen LogP) is 1.90. The summed E-state index contributed by atoms with van der Waals surface area (Å²) in [7, 11) is 0. The van der Waals surface area contributed by atoms with Crippen molar-refractivity contribution in [3.63, 3.8) is 0 Å². The number of anilines is 4. The number of nitrogens with zero attached hydrogens (tertiary/aromatic N) is 5. The van der Waals surface area contributed by atoms with Crippen molar-refractivity contribution in [3.8, 4) is 24.2 Å². The molecule has 2 N–H and O–H groups in total. The molecule has 0 bridgehead atoms. The summed E-state index contributed by atoms with van der Waals surface area (Å²) in [6, 6.07) is 3.02. The lowest BCUT2D eigenvalue weighted by molar-refractivity contribution is -0.119. The number of phenols is 1.